The molecule has 1 aliphatic heterocycles. The van der Waals surface area contributed by atoms with E-state index in [9.17, 15) is 22.8 Å². The summed E-state index contributed by atoms with van der Waals surface area (Å²) in [6.45, 7) is 0.226. The van der Waals surface area contributed by atoms with E-state index >= 15 is 0 Å². The molecule has 1 aromatic heterocycles. The average Bonchev–Trinajstić information content (AvgIpc) is 3.15. The van der Waals surface area contributed by atoms with Crippen LogP contribution >= 0.6 is 11.3 Å². The molecule has 0 saturated carbocycles. The van der Waals surface area contributed by atoms with Gasteiger partial charge in [0, 0.05) is 29.9 Å². The second-order valence-corrected chi connectivity index (χ2v) is 6.10. The van der Waals surface area contributed by atoms with Gasteiger partial charge < -0.3 is 15.0 Å². The fourth-order valence-electron chi connectivity index (χ4n) is 2.51. The van der Waals surface area contributed by atoms with Crippen molar-refractivity contribution in [3.8, 4) is 5.75 Å². The Labute approximate surface area is 144 Å². The second-order valence-electron chi connectivity index (χ2n) is 5.20. The maximum absolute atomic E-state index is 12.5. The molecule has 0 radical (unpaired) electrons. The second kappa shape index (κ2) is 6.71. The van der Waals surface area contributed by atoms with Gasteiger partial charge in [0.15, 0.2) is 5.13 Å². The normalized spacial score (nSPS) is 17.6. The molecule has 0 bridgehead atoms. The number of carbonyl (C=O) groups is 2. The molecule has 1 N–H and O–H groups in total. The van der Waals surface area contributed by atoms with Crippen molar-refractivity contribution in [1.82, 2.24) is 4.98 Å². The van der Waals surface area contributed by atoms with Gasteiger partial charge in [-0.25, -0.2) is 4.98 Å². The van der Waals surface area contributed by atoms with E-state index in [1.54, 1.807) is 5.38 Å². The summed E-state index contributed by atoms with van der Waals surface area (Å²) in [4.78, 5) is 29.8. The molecule has 25 heavy (non-hydrogen) atoms. The molecular weight excluding hydrogens is 359 g/mol. The molecule has 1 fully saturated rings. The van der Waals surface area contributed by atoms with E-state index < -0.39 is 29.8 Å². The van der Waals surface area contributed by atoms with Gasteiger partial charge in [-0.1, -0.05) is 6.07 Å². The number of benzene rings is 1. The quantitative estimate of drug-likeness (QED) is 0.839. The van der Waals surface area contributed by atoms with Gasteiger partial charge in [0.05, 0.1) is 0 Å². The Bertz CT molecular complexity index is 780. The van der Waals surface area contributed by atoms with E-state index in [2.05, 4.69) is 15.0 Å². The lowest BCUT2D eigenvalue weighted by atomic mass is 10.1. The Morgan fingerprint density at radius 1 is 1.40 bits per heavy atom. The highest BCUT2D eigenvalue weighted by atomic mass is 32.1. The van der Waals surface area contributed by atoms with Crippen LogP contribution in [0.15, 0.2) is 35.8 Å². The molecule has 2 heterocycles. The number of halogens is 3. The number of carbonyl (C=O) groups excluding carboxylic acids is 2. The smallest absolute Gasteiger partial charge is 0.406 e. The molecule has 6 nitrogen and oxygen atoms in total. The van der Waals surface area contributed by atoms with E-state index in [4.69, 9.17) is 0 Å². The molecule has 0 aliphatic carbocycles. The largest absolute Gasteiger partial charge is 0.573 e. The van der Waals surface area contributed by atoms with E-state index in [0.717, 1.165) is 12.1 Å². The minimum Gasteiger partial charge on any atom is -0.406 e. The van der Waals surface area contributed by atoms with Crippen LogP contribution in [0.2, 0.25) is 0 Å². The van der Waals surface area contributed by atoms with Gasteiger partial charge in [0.25, 0.3) is 0 Å². The van der Waals surface area contributed by atoms with Crippen LogP contribution in [0.1, 0.15) is 6.42 Å². The summed E-state index contributed by atoms with van der Waals surface area (Å²) < 4.78 is 40.8. The van der Waals surface area contributed by atoms with Crippen molar-refractivity contribution in [3.05, 3.63) is 35.8 Å². The summed E-state index contributed by atoms with van der Waals surface area (Å²) in [5.74, 6) is -2.28. The fourth-order valence-corrected chi connectivity index (χ4v) is 3.04. The van der Waals surface area contributed by atoms with Gasteiger partial charge in [-0.15, -0.1) is 24.5 Å². The van der Waals surface area contributed by atoms with Crippen molar-refractivity contribution < 1.29 is 27.5 Å². The molecule has 3 rings (SSSR count). The zero-order valence-corrected chi connectivity index (χ0v) is 13.4. The molecule has 0 spiro atoms. The molecule has 10 heteroatoms. The first-order chi connectivity index (χ1) is 11.8. The van der Waals surface area contributed by atoms with Crippen LogP contribution in [0, 0.1) is 5.92 Å². The maximum Gasteiger partial charge on any atom is 0.573 e. The fraction of sp³-hybridized carbons (Fsp3) is 0.267. The lowest BCUT2D eigenvalue weighted by Crippen LogP contribution is -2.33. The third-order valence-electron chi connectivity index (χ3n) is 3.55. The van der Waals surface area contributed by atoms with E-state index in [0.29, 0.717) is 5.13 Å². The van der Waals surface area contributed by atoms with Crippen LogP contribution in [0.5, 0.6) is 5.75 Å². The SMILES string of the molecule is O=C(Nc1nccs1)[C@H]1CCN(c2cccc(OC(F)(F)F)c2)C1=O. The topological polar surface area (TPSA) is 71.5 Å². The lowest BCUT2D eigenvalue weighted by molar-refractivity contribution is -0.274. The van der Waals surface area contributed by atoms with Gasteiger partial charge in [0.1, 0.15) is 11.7 Å². The number of aromatic nitrogens is 1. The molecule has 2 amide bonds. The Hall–Kier alpha value is -2.62. The zero-order valence-electron chi connectivity index (χ0n) is 12.6. The summed E-state index contributed by atoms with van der Waals surface area (Å²) >= 11 is 1.22. The third kappa shape index (κ3) is 4.08. The van der Waals surface area contributed by atoms with Crippen molar-refractivity contribution in [3.63, 3.8) is 0 Å². The van der Waals surface area contributed by atoms with Crippen molar-refractivity contribution in [2.75, 3.05) is 16.8 Å². The first-order valence-electron chi connectivity index (χ1n) is 7.21. The number of rotatable bonds is 4. The predicted octanol–water partition coefficient (Wildman–Crippen LogP) is 3.03. The van der Waals surface area contributed by atoms with Crippen LogP contribution in [0.3, 0.4) is 0 Å². The molecule has 1 aliphatic rings. The number of amides is 2. The molecule has 1 saturated heterocycles. The standard InChI is InChI=1S/C15H12F3N3O3S/c16-15(17,18)24-10-3-1-2-9(8-10)21-6-4-11(13(21)23)12(22)20-14-19-5-7-25-14/h1-3,5,7-8,11H,4,6H2,(H,19,20,22)/t11-/m1/s1. The summed E-state index contributed by atoms with van der Waals surface area (Å²) in [7, 11) is 0. The Morgan fingerprint density at radius 2 is 2.20 bits per heavy atom. The first kappa shape index (κ1) is 17.2. The van der Waals surface area contributed by atoms with Crippen LogP contribution in [0.25, 0.3) is 0 Å². The number of hydrogen-bond donors (Lipinski definition) is 1. The molecule has 1 aromatic carbocycles. The molecule has 0 unspecified atom stereocenters. The number of nitrogens with zero attached hydrogens (tertiary/aromatic N) is 2. The predicted molar refractivity (Wildman–Crippen MR) is 84.3 cm³/mol. The number of hydrogen-bond acceptors (Lipinski definition) is 5. The Balaban J connectivity index is 1.71. The van der Waals surface area contributed by atoms with Gasteiger partial charge in [-0.05, 0) is 18.6 Å². The van der Waals surface area contributed by atoms with Crippen LogP contribution < -0.4 is 15.0 Å². The highest BCUT2D eigenvalue weighted by Gasteiger charge is 2.38. The molecule has 1 atom stereocenters. The van der Waals surface area contributed by atoms with Gasteiger partial charge in [-0.3, -0.25) is 9.59 Å². The molecule has 132 valence electrons. The van der Waals surface area contributed by atoms with Gasteiger partial charge in [0.2, 0.25) is 11.8 Å². The number of anilines is 2. The molecule has 2 aromatic rings. The Kier molecular flexibility index (Phi) is 4.62. The first-order valence-corrected chi connectivity index (χ1v) is 8.09. The van der Waals surface area contributed by atoms with Crippen molar-refractivity contribution in [2.24, 2.45) is 5.92 Å². The summed E-state index contributed by atoms with van der Waals surface area (Å²) in [6.07, 6.45) is -3.03. The Morgan fingerprint density at radius 3 is 2.88 bits per heavy atom. The van der Waals surface area contributed by atoms with Crippen molar-refractivity contribution in [2.45, 2.75) is 12.8 Å². The monoisotopic (exact) mass is 371 g/mol. The van der Waals surface area contributed by atoms with E-state index in [1.165, 1.54) is 34.6 Å². The maximum atomic E-state index is 12.5. The number of ether oxygens (including phenoxy) is 1. The van der Waals surface area contributed by atoms with Gasteiger partial charge >= 0.3 is 6.36 Å². The third-order valence-corrected chi connectivity index (χ3v) is 4.24. The minimum atomic E-state index is -4.82. The summed E-state index contributed by atoms with van der Waals surface area (Å²) in [6, 6.07) is 5.10. The highest BCUT2D eigenvalue weighted by Crippen LogP contribution is 2.31. The average molecular weight is 371 g/mol. The van der Waals surface area contributed by atoms with Crippen molar-refractivity contribution >= 4 is 34.0 Å². The number of nitrogens with one attached hydrogen (secondary N) is 1. The summed E-state index contributed by atoms with van der Waals surface area (Å²) in [5.41, 5.74) is 0.247. The summed E-state index contributed by atoms with van der Waals surface area (Å²) in [5, 5.41) is 4.63. The van der Waals surface area contributed by atoms with E-state index in [1.807, 2.05) is 0 Å². The van der Waals surface area contributed by atoms with Gasteiger partial charge in [-0.2, -0.15) is 0 Å². The highest BCUT2D eigenvalue weighted by molar-refractivity contribution is 7.13. The number of alkyl halides is 3. The minimum absolute atomic E-state index is 0.226. The van der Waals surface area contributed by atoms with Crippen LogP contribution in [-0.2, 0) is 9.59 Å². The molecular formula is C15H12F3N3O3S. The van der Waals surface area contributed by atoms with Crippen molar-refractivity contribution in [1.29, 1.82) is 0 Å². The van der Waals surface area contributed by atoms with E-state index in [-0.39, 0.29) is 18.7 Å². The van der Waals surface area contributed by atoms with Crippen LogP contribution in [0.4, 0.5) is 24.0 Å². The lowest BCUT2D eigenvalue weighted by Gasteiger charge is -2.18. The zero-order chi connectivity index (χ0) is 18.0. The number of thiazole rings is 1. The van der Waals surface area contributed by atoms with Crippen LogP contribution in [-0.4, -0.2) is 29.7 Å².